The van der Waals surface area contributed by atoms with Crippen LogP contribution in [-0.4, -0.2) is 76.3 Å². The first-order valence-electron chi connectivity index (χ1n) is 13.8. The highest BCUT2D eigenvalue weighted by Crippen LogP contribution is 2.27. The maximum Gasteiger partial charge on any atom is 0.415 e. The first-order valence-corrected chi connectivity index (χ1v) is 13.8. The van der Waals surface area contributed by atoms with Gasteiger partial charge < -0.3 is 29.4 Å². The molecule has 1 unspecified atom stereocenters. The smallest absolute Gasteiger partial charge is 0.415 e. The van der Waals surface area contributed by atoms with Crippen LogP contribution >= 0.6 is 0 Å². The van der Waals surface area contributed by atoms with Crippen LogP contribution in [0.15, 0.2) is 35.4 Å². The third-order valence-electron chi connectivity index (χ3n) is 7.31. The Morgan fingerprint density at radius 3 is 2.68 bits per heavy atom. The van der Waals surface area contributed by atoms with Crippen LogP contribution in [0, 0.1) is 0 Å². The largest absolute Gasteiger partial charge is 0.443 e. The normalized spacial score (nSPS) is 20.8. The summed E-state index contributed by atoms with van der Waals surface area (Å²) in [5.74, 6) is 0.188. The summed E-state index contributed by atoms with van der Waals surface area (Å²) in [6, 6.07) is 4.86. The van der Waals surface area contributed by atoms with Crippen molar-refractivity contribution in [1.82, 2.24) is 24.5 Å². The molecular formula is C28H37N7O6. The van der Waals surface area contributed by atoms with Gasteiger partial charge in [0, 0.05) is 33.0 Å². The van der Waals surface area contributed by atoms with Crippen LogP contribution in [-0.2, 0) is 14.2 Å². The Bertz CT molecular complexity index is 1490. The SMILES string of the molecule is COC1CC[C@H]1NC(=O)c1cnn2c(N(C)C(=O)OC(C)(C)C)cc(Nc3cccn([C@@H]4CCCOC4)c3=O)nc12. The van der Waals surface area contributed by atoms with Crippen molar-refractivity contribution in [2.75, 3.05) is 37.6 Å². The van der Waals surface area contributed by atoms with Crippen molar-refractivity contribution in [3.63, 3.8) is 0 Å². The van der Waals surface area contributed by atoms with Crippen LogP contribution in [0.4, 0.5) is 22.1 Å². The van der Waals surface area contributed by atoms with E-state index in [0.717, 1.165) is 25.7 Å². The van der Waals surface area contributed by atoms with Crippen LogP contribution in [0.2, 0.25) is 0 Å². The van der Waals surface area contributed by atoms with Crippen molar-refractivity contribution in [2.45, 2.75) is 70.2 Å². The Balaban J connectivity index is 1.53. The molecule has 13 nitrogen and oxygen atoms in total. The number of rotatable bonds is 7. The van der Waals surface area contributed by atoms with Gasteiger partial charge in [-0.15, -0.1) is 0 Å². The predicted molar refractivity (Wildman–Crippen MR) is 152 cm³/mol. The lowest BCUT2D eigenvalue weighted by atomic mass is 9.89. The van der Waals surface area contributed by atoms with Gasteiger partial charge >= 0.3 is 6.09 Å². The minimum Gasteiger partial charge on any atom is -0.443 e. The minimum absolute atomic E-state index is 0.0466. The number of ether oxygens (including phenoxy) is 3. The molecule has 0 bridgehead atoms. The molecule has 3 aromatic heterocycles. The second-order valence-corrected chi connectivity index (χ2v) is 11.4. The topological polar surface area (TPSA) is 141 Å². The van der Waals surface area contributed by atoms with E-state index >= 15 is 0 Å². The molecule has 220 valence electrons. The van der Waals surface area contributed by atoms with Crippen molar-refractivity contribution in [1.29, 1.82) is 0 Å². The van der Waals surface area contributed by atoms with E-state index in [1.54, 1.807) is 63.9 Å². The van der Waals surface area contributed by atoms with E-state index in [1.165, 1.54) is 15.6 Å². The fourth-order valence-corrected chi connectivity index (χ4v) is 4.97. The highest BCUT2D eigenvalue weighted by Gasteiger charge is 2.33. The molecule has 2 amide bonds. The van der Waals surface area contributed by atoms with Crippen LogP contribution < -0.4 is 21.1 Å². The Labute approximate surface area is 237 Å². The molecule has 0 aromatic carbocycles. The maximum atomic E-state index is 13.4. The summed E-state index contributed by atoms with van der Waals surface area (Å²) in [5, 5.41) is 10.5. The summed E-state index contributed by atoms with van der Waals surface area (Å²) < 4.78 is 19.6. The Morgan fingerprint density at radius 2 is 2.02 bits per heavy atom. The Morgan fingerprint density at radius 1 is 1.22 bits per heavy atom. The lowest BCUT2D eigenvalue weighted by Crippen LogP contribution is -2.51. The first kappa shape index (κ1) is 28.6. The highest BCUT2D eigenvalue weighted by atomic mass is 16.6. The molecular weight excluding hydrogens is 530 g/mol. The van der Waals surface area contributed by atoms with Crippen molar-refractivity contribution >= 4 is 35.0 Å². The van der Waals surface area contributed by atoms with Gasteiger partial charge in [-0.05, 0) is 58.6 Å². The molecule has 13 heteroatoms. The van der Waals surface area contributed by atoms with E-state index in [1.807, 2.05) is 0 Å². The number of methoxy groups -OCH3 is 1. The van der Waals surface area contributed by atoms with Crippen molar-refractivity contribution in [3.8, 4) is 0 Å². The molecule has 2 fully saturated rings. The molecule has 0 spiro atoms. The first-order chi connectivity index (χ1) is 19.6. The lowest BCUT2D eigenvalue weighted by Gasteiger charge is -2.35. The van der Waals surface area contributed by atoms with Crippen molar-refractivity contribution in [3.05, 3.63) is 46.5 Å². The molecule has 1 saturated carbocycles. The van der Waals surface area contributed by atoms with E-state index in [9.17, 15) is 14.4 Å². The van der Waals surface area contributed by atoms with Gasteiger partial charge in [-0.1, -0.05) is 0 Å². The molecule has 1 saturated heterocycles. The van der Waals surface area contributed by atoms with E-state index in [0.29, 0.717) is 24.7 Å². The summed E-state index contributed by atoms with van der Waals surface area (Å²) in [4.78, 5) is 45.6. The van der Waals surface area contributed by atoms with Crippen LogP contribution in [0.3, 0.4) is 0 Å². The molecule has 1 aliphatic carbocycles. The fraction of sp³-hybridized carbons (Fsp3) is 0.536. The number of amides is 2. The number of carbonyl (C=O) groups is 2. The molecule has 2 aliphatic rings. The van der Waals surface area contributed by atoms with Crippen molar-refractivity contribution < 1.29 is 23.8 Å². The van der Waals surface area contributed by atoms with Crippen molar-refractivity contribution in [2.24, 2.45) is 0 Å². The summed E-state index contributed by atoms with van der Waals surface area (Å²) in [5.41, 5.74) is -0.230. The van der Waals surface area contributed by atoms with E-state index in [-0.39, 0.29) is 46.7 Å². The molecule has 2 N–H and O–H groups in total. The summed E-state index contributed by atoms with van der Waals surface area (Å²) in [6.07, 6.45) is 5.90. The predicted octanol–water partition coefficient (Wildman–Crippen LogP) is 3.26. The maximum absolute atomic E-state index is 13.4. The molecule has 0 radical (unpaired) electrons. The van der Waals surface area contributed by atoms with Crippen LogP contribution in [0.5, 0.6) is 0 Å². The summed E-state index contributed by atoms with van der Waals surface area (Å²) in [7, 11) is 3.17. The van der Waals surface area contributed by atoms with Gasteiger partial charge in [0.1, 0.15) is 28.5 Å². The number of fused-ring (bicyclic) bond motifs is 1. The number of hydrogen-bond donors (Lipinski definition) is 2. The van der Waals surface area contributed by atoms with Gasteiger partial charge in [0.25, 0.3) is 11.5 Å². The molecule has 5 rings (SSSR count). The van der Waals surface area contributed by atoms with Gasteiger partial charge in [0.15, 0.2) is 5.65 Å². The zero-order valence-electron chi connectivity index (χ0n) is 24.0. The third-order valence-corrected chi connectivity index (χ3v) is 7.31. The third kappa shape index (κ3) is 6.05. The zero-order chi connectivity index (χ0) is 29.3. The number of pyridine rings is 1. The molecule has 3 atom stereocenters. The number of nitrogens with zero attached hydrogens (tertiary/aromatic N) is 5. The number of anilines is 3. The number of hydrogen-bond acceptors (Lipinski definition) is 9. The number of nitrogens with one attached hydrogen (secondary N) is 2. The van der Waals surface area contributed by atoms with Gasteiger partial charge in [-0.2, -0.15) is 9.61 Å². The van der Waals surface area contributed by atoms with Gasteiger partial charge in [-0.25, -0.2) is 9.78 Å². The standard InChI is InChI=1S/C28H37N7O6/c1-28(2,3)41-27(38)33(4)23-14-22(30-20-9-6-12-34(26(20)37)17-8-7-13-40-16-17)32-24-18(15-29-35(23)24)25(36)31-19-10-11-21(19)39-5/h6,9,12,14-15,17,19,21H,7-8,10-11,13,16H2,1-5H3,(H,30,32)(H,31,36)/t17-,19-,21?/m1/s1. The quantitative estimate of drug-likeness (QED) is 0.440. The second kappa shape index (κ2) is 11.5. The lowest BCUT2D eigenvalue weighted by molar-refractivity contribution is 0.00732. The van der Waals surface area contributed by atoms with Crippen LogP contribution in [0.1, 0.15) is 62.9 Å². The Hall–Kier alpha value is -3.97. The van der Waals surface area contributed by atoms with E-state index in [2.05, 4.69) is 20.7 Å². The molecule has 3 aromatic rings. The van der Waals surface area contributed by atoms with E-state index < -0.39 is 11.7 Å². The monoisotopic (exact) mass is 567 g/mol. The van der Waals surface area contributed by atoms with Crippen LogP contribution in [0.25, 0.3) is 5.65 Å². The molecule has 4 heterocycles. The number of aromatic nitrogens is 4. The minimum atomic E-state index is -0.730. The fourth-order valence-electron chi connectivity index (χ4n) is 4.97. The average Bonchev–Trinajstić information content (AvgIpc) is 3.35. The summed E-state index contributed by atoms with van der Waals surface area (Å²) in [6.45, 7) is 6.48. The zero-order valence-corrected chi connectivity index (χ0v) is 24.0. The molecule has 1 aliphatic heterocycles. The highest BCUT2D eigenvalue weighted by molar-refractivity contribution is 6.00. The molecule has 41 heavy (non-hydrogen) atoms. The van der Waals surface area contributed by atoms with E-state index in [4.69, 9.17) is 14.2 Å². The van der Waals surface area contributed by atoms with Gasteiger partial charge in [0.2, 0.25) is 0 Å². The van der Waals surface area contributed by atoms with Gasteiger partial charge in [-0.3, -0.25) is 14.5 Å². The Kier molecular flexibility index (Phi) is 8.00. The second-order valence-electron chi connectivity index (χ2n) is 11.4. The van der Waals surface area contributed by atoms with Gasteiger partial charge in [0.05, 0.1) is 31.0 Å². The summed E-state index contributed by atoms with van der Waals surface area (Å²) >= 11 is 0. The number of carbonyl (C=O) groups excluding carboxylic acids is 2. The average molecular weight is 568 g/mol.